The molecular formula is C14H18ClFN2O. The smallest absolute Gasteiger partial charge is 0.141 e. The molecule has 3 nitrogen and oxygen atoms in total. The number of rotatable bonds is 3. The van der Waals surface area contributed by atoms with Crippen LogP contribution in [0.1, 0.15) is 24.4 Å². The number of nitrogens with one attached hydrogen (secondary N) is 1. The Balaban J connectivity index is 1.97. The Labute approximate surface area is 117 Å². The van der Waals surface area contributed by atoms with Crippen LogP contribution in [-0.2, 0) is 0 Å². The molecule has 0 bridgehead atoms. The highest BCUT2D eigenvalue weighted by Gasteiger charge is 2.39. The average Bonchev–Trinajstić information content (AvgIpc) is 3.24. The molecule has 0 unspecified atom stereocenters. The first-order chi connectivity index (χ1) is 9.18. The lowest BCUT2D eigenvalue weighted by molar-refractivity contribution is 0.150. The molecule has 19 heavy (non-hydrogen) atoms. The summed E-state index contributed by atoms with van der Waals surface area (Å²) in [6.07, 6.45) is 2.19. The number of nitrogens with zero attached hydrogens (tertiary/aromatic N) is 1. The molecule has 104 valence electrons. The minimum Gasteiger partial charge on any atom is -0.506 e. The Kier molecular flexibility index (Phi) is 3.65. The summed E-state index contributed by atoms with van der Waals surface area (Å²) < 4.78 is 14.2. The molecule has 0 radical (unpaired) electrons. The molecule has 1 atom stereocenters. The summed E-state index contributed by atoms with van der Waals surface area (Å²) in [4.78, 5) is 2.27. The number of phenols is 1. The predicted octanol–water partition coefficient (Wildman–Crippen LogP) is 2.54. The van der Waals surface area contributed by atoms with Crippen LogP contribution in [0.15, 0.2) is 12.1 Å². The molecule has 2 fully saturated rings. The van der Waals surface area contributed by atoms with Crippen LogP contribution >= 0.6 is 11.6 Å². The molecule has 1 aromatic rings. The fraction of sp³-hybridized carbons (Fsp3) is 0.571. The minimum atomic E-state index is -0.350. The molecule has 2 aliphatic rings. The molecular weight excluding hydrogens is 267 g/mol. The third-order valence-electron chi connectivity index (χ3n) is 4.02. The summed E-state index contributed by atoms with van der Waals surface area (Å²) in [5.41, 5.74) is 0.386. The topological polar surface area (TPSA) is 35.5 Å². The van der Waals surface area contributed by atoms with Gasteiger partial charge in [0.05, 0.1) is 5.02 Å². The van der Waals surface area contributed by atoms with Crippen LogP contribution in [-0.4, -0.2) is 36.2 Å². The molecule has 1 heterocycles. The highest BCUT2D eigenvalue weighted by atomic mass is 35.5. The molecule has 1 aliphatic carbocycles. The second-order valence-electron chi connectivity index (χ2n) is 5.36. The standard InChI is InChI=1S/C14H18ClFN2O/c15-10-3-4-11(16)12(14(10)19)13(9-1-2-9)18-7-5-17-6-8-18/h3-4,9,13,17,19H,1-2,5-8H2/t13-/m1/s1. The van der Waals surface area contributed by atoms with Gasteiger partial charge in [0, 0.05) is 37.8 Å². The van der Waals surface area contributed by atoms with Crippen LogP contribution in [0.2, 0.25) is 5.02 Å². The fourth-order valence-electron chi connectivity index (χ4n) is 2.93. The molecule has 5 heteroatoms. The quantitative estimate of drug-likeness (QED) is 0.895. The third kappa shape index (κ3) is 2.57. The number of benzene rings is 1. The normalized spacial score (nSPS) is 22.4. The monoisotopic (exact) mass is 284 g/mol. The van der Waals surface area contributed by atoms with Crippen LogP contribution < -0.4 is 5.32 Å². The first kappa shape index (κ1) is 13.2. The molecule has 3 rings (SSSR count). The van der Waals surface area contributed by atoms with Gasteiger partial charge in [0.2, 0.25) is 0 Å². The van der Waals surface area contributed by atoms with Gasteiger partial charge in [-0.15, -0.1) is 0 Å². The predicted molar refractivity (Wildman–Crippen MR) is 73.0 cm³/mol. The number of hydrogen-bond acceptors (Lipinski definition) is 3. The Morgan fingerprint density at radius 3 is 2.63 bits per heavy atom. The van der Waals surface area contributed by atoms with Crippen LogP contribution in [0.25, 0.3) is 0 Å². The van der Waals surface area contributed by atoms with E-state index in [4.69, 9.17) is 11.6 Å². The second-order valence-corrected chi connectivity index (χ2v) is 5.77. The number of piperazine rings is 1. The summed E-state index contributed by atoms with van der Waals surface area (Å²) in [5, 5.41) is 13.7. The number of halogens is 2. The molecule has 0 amide bonds. The average molecular weight is 285 g/mol. The van der Waals surface area contributed by atoms with E-state index in [-0.39, 0.29) is 22.6 Å². The third-order valence-corrected chi connectivity index (χ3v) is 4.33. The van der Waals surface area contributed by atoms with E-state index in [0.29, 0.717) is 11.5 Å². The second kappa shape index (κ2) is 5.27. The van der Waals surface area contributed by atoms with Crippen molar-refractivity contribution in [3.8, 4) is 5.75 Å². The van der Waals surface area contributed by atoms with Crippen molar-refractivity contribution >= 4 is 11.6 Å². The van der Waals surface area contributed by atoms with Crippen LogP contribution in [0.4, 0.5) is 4.39 Å². The van der Waals surface area contributed by atoms with Gasteiger partial charge in [0.25, 0.3) is 0 Å². The number of aromatic hydroxyl groups is 1. The minimum absolute atomic E-state index is 0.0409. The molecule has 0 aromatic heterocycles. The number of phenolic OH excluding ortho intramolecular Hbond substituents is 1. The maximum atomic E-state index is 14.2. The highest BCUT2D eigenvalue weighted by Crippen LogP contribution is 2.48. The highest BCUT2D eigenvalue weighted by molar-refractivity contribution is 6.32. The zero-order valence-electron chi connectivity index (χ0n) is 10.7. The first-order valence-corrected chi connectivity index (χ1v) is 7.18. The van der Waals surface area contributed by atoms with Crippen LogP contribution in [0, 0.1) is 11.7 Å². The van der Waals surface area contributed by atoms with Crippen molar-refractivity contribution in [1.29, 1.82) is 0 Å². The Morgan fingerprint density at radius 1 is 1.32 bits per heavy atom. The van der Waals surface area contributed by atoms with E-state index >= 15 is 0 Å². The van der Waals surface area contributed by atoms with Crippen molar-refractivity contribution in [2.45, 2.75) is 18.9 Å². The van der Waals surface area contributed by atoms with E-state index in [1.54, 1.807) is 0 Å². The van der Waals surface area contributed by atoms with Crippen molar-refractivity contribution in [3.63, 3.8) is 0 Å². The molecule has 1 saturated carbocycles. The van der Waals surface area contributed by atoms with Gasteiger partial charge in [0.1, 0.15) is 11.6 Å². The lowest BCUT2D eigenvalue weighted by Gasteiger charge is -2.36. The summed E-state index contributed by atoms with van der Waals surface area (Å²) >= 11 is 5.95. The molecule has 1 aromatic carbocycles. The van der Waals surface area contributed by atoms with Crippen molar-refractivity contribution in [2.24, 2.45) is 5.92 Å². The lowest BCUT2D eigenvalue weighted by atomic mass is 9.98. The van der Waals surface area contributed by atoms with Gasteiger partial charge in [-0.3, -0.25) is 4.90 Å². The van der Waals surface area contributed by atoms with Crippen molar-refractivity contribution < 1.29 is 9.50 Å². The van der Waals surface area contributed by atoms with Gasteiger partial charge in [-0.1, -0.05) is 11.6 Å². The van der Waals surface area contributed by atoms with Gasteiger partial charge in [-0.05, 0) is 30.9 Å². The van der Waals surface area contributed by atoms with Crippen LogP contribution in [0.5, 0.6) is 5.75 Å². The van der Waals surface area contributed by atoms with Crippen molar-refractivity contribution in [2.75, 3.05) is 26.2 Å². The fourth-order valence-corrected chi connectivity index (χ4v) is 3.09. The van der Waals surface area contributed by atoms with E-state index in [1.165, 1.54) is 12.1 Å². The zero-order chi connectivity index (χ0) is 13.4. The zero-order valence-corrected chi connectivity index (χ0v) is 11.5. The van der Waals surface area contributed by atoms with E-state index < -0.39 is 0 Å². The SMILES string of the molecule is Oc1c(Cl)ccc(F)c1[C@@H](C1CC1)N1CCNCC1. The van der Waals surface area contributed by atoms with Gasteiger partial charge in [-0.2, -0.15) is 0 Å². The van der Waals surface area contributed by atoms with Gasteiger partial charge in [0.15, 0.2) is 0 Å². The van der Waals surface area contributed by atoms with Gasteiger partial charge < -0.3 is 10.4 Å². The maximum absolute atomic E-state index is 14.2. The Hall–Kier alpha value is -0.840. The Bertz CT molecular complexity index is 473. The molecule has 0 spiro atoms. The summed E-state index contributed by atoms with van der Waals surface area (Å²) in [5.74, 6) is 0.00592. The van der Waals surface area contributed by atoms with E-state index in [9.17, 15) is 9.50 Å². The summed E-state index contributed by atoms with van der Waals surface area (Å²) in [6.45, 7) is 3.58. The van der Waals surface area contributed by atoms with Crippen molar-refractivity contribution in [3.05, 3.63) is 28.5 Å². The lowest BCUT2D eigenvalue weighted by Crippen LogP contribution is -2.45. The summed E-state index contributed by atoms with van der Waals surface area (Å²) in [6, 6.07) is 2.73. The molecule has 1 aliphatic heterocycles. The number of hydrogen-bond donors (Lipinski definition) is 2. The molecule has 1 saturated heterocycles. The molecule has 2 N–H and O–H groups in total. The van der Waals surface area contributed by atoms with E-state index in [1.807, 2.05) is 0 Å². The van der Waals surface area contributed by atoms with E-state index in [2.05, 4.69) is 10.2 Å². The van der Waals surface area contributed by atoms with E-state index in [0.717, 1.165) is 39.0 Å². The largest absolute Gasteiger partial charge is 0.506 e. The van der Waals surface area contributed by atoms with Gasteiger partial charge in [-0.25, -0.2) is 4.39 Å². The van der Waals surface area contributed by atoms with Crippen molar-refractivity contribution in [1.82, 2.24) is 10.2 Å². The van der Waals surface area contributed by atoms with Gasteiger partial charge >= 0.3 is 0 Å². The summed E-state index contributed by atoms with van der Waals surface area (Å²) in [7, 11) is 0. The Morgan fingerprint density at radius 2 is 2.00 bits per heavy atom. The maximum Gasteiger partial charge on any atom is 0.141 e. The first-order valence-electron chi connectivity index (χ1n) is 6.80. The van der Waals surface area contributed by atoms with Crippen LogP contribution in [0.3, 0.4) is 0 Å².